The summed E-state index contributed by atoms with van der Waals surface area (Å²) in [6, 6.07) is 8.61. The van der Waals surface area contributed by atoms with Crippen molar-refractivity contribution in [2.75, 3.05) is 0 Å². The first kappa shape index (κ1) is 12.2. The van der Waals surface area contributed by atoms with Crippen LogP contribution in [-0.2, 0) is 6.54 Å². The smallest absolute Gasteiger partial charge is 0.115 e. The molecule has 2 rings (SSSR count). The van der Waals surface area contributed by atoms with Gasteiger partial charge in [-0.3, -0.25) is 0 Å². The molecule has 0 aliphatic carbocycles. The van der Waals surface area contributed by atoms with Gasteiger partial charge in [-0.1, -0.05) is 28.1 Å². The molecule has 0 fully saturated rings. The number of rotatable bonds is 4. The molecule has 0 saturated carbocycles. The Morgan fingerprint density at radius 2 is 2.06 bits per heavy atom. The lowest BCUT2D eigenvalue weighted by Crippen LogP contribution is -2.18. The molecule has 1 N–H and O–H groups in total. The van der Waals surface area contributed by atoms with E-state index in [4.69, 9.17) is 0 Å². The van der Waals surface area contributed by atoms with Gasteiger partial charge in [0.1, 0.15) is 6.33 Å². The minimum absolute atomic E-state index is 0.299. The van der Waals surface area contributed by atoms with Crippen LogP contribution >= 0.6 is 15.9 Å². The maximum atomic E-state index is 3.99. The van der Waals surface area contributed by atoms with Gasteiger partial charge in [0, 0.05) is 35.0 Å². The molecule has 0 spiro atoms. The average Bonchev–Trinajstić information content (AvgIpc) is 2.37. The molecule has 17 heavy (non-hydrogen) atoms. The van der Waals surface area contributed by atoms with Crippen LogP contribution in [0.1, 0.15) is 24.1 Å². The van der Waals surface area contributed by atoms with E-state index in [-0.39, 0.29) is 0 Å². The predicted octanol–water partition coefficient (Wildman–Crippen LogP) is 3.09. The van der Waals surface area contributed by atoms with Crippen LogP contribution < -0.4 is 5.32 Å². The Hall–Kier alpha value is -1.26. The Kier molecular flexibility index (Phi) is 4.23. The monoisotopic (exact) mass is 291 g/mol. The maximum absolute atomic E-state index is 3.99. The number of benzene rings is 1. The van der Waals surface area contributed by atoms with Crippen molar-refractivity contribution < 1.29 is 0 Å². The zero-order chi connectivity index (χ0) is 12.1. The second-order valence-electron chi connectivity index (χ2n) is 3.90. The van der Waals surface area contributed by atoms with Crippen molar-refractivity contribution in [3.8, 4) is 0 Å². The normalized spacial score (nSPS) is 12.4. The van der Waals surface area contributed by atoms with Crippen LogP contribution in [0.15, 0.2) is 47.5 Å². The SMILES string of the molecule is CC(NCc1cncnc1)c1cccc(Br)c1. The fourth-order valence-electron chi connectivity index (χ4n) is 1.59. The second kappa shape index (κ2) is 5.89. The molecule has 1 aromatic carbocycles. The van der Waals surface area contributed by atoms with Crippen LogP contribution in [0.3, 0.4) is 0 Å². The first-order valence-corrected chi connectivity index (χ1v) is 6.28. The highest BCUT2D eigenvalue weighted by molar-refractivity contribution is 9.10. The van der Waals surface area contributed by atoms with Crippen LogP contribution in [0.4, 0.5) is 0 Å². The zero-order valence-corrected chi connectivity index (χ0v) is 11.2. The van der Waals surface area contributed by atoms with E-state index in [1.165, 1.54) is 5.56 Å². The third-order valence-corrected chi connectivity index (χ3v) is 3.07. The number of aromatic nitrogens is 2. The first-order chi connectivity index (χ1) is 8.25. The molecule has 3 nitrogen and oxygen atoms in total. The second-order valence-corrected chi connectivity index (χ2v) is 4.82. The molecule has 1 atom stereocenters. The number of hydrogen-bond acceptors (Lipinski definition) is 3. The van der Waals surface area contributed by atoms with Crippen molar-refractivity contribution >= 4 is 15.9 Å². The number of nitrogens with one attached hydrogen (secondary N) is 1. The van der Waals surface area contributed by atoms with E-state index in [1.807, 2.05) is 24.5 Å². The summed E-state index contributed by atoms with van der Waals surface area (Å²) < 4.78 is 1.10. The van der Waals surface area contributed by atoms with Gasteiger partial charge in [0.25, 0.3) is 0 Å². The quantitative estimate of drug-likeness (QED) is 0.941. The summed E-state index contributed by atoms with van der Waals surface area (Å²) in [6.07, 6.45) is 5.20. The Labute approximate surface area is 109 Å². The Bertz CT molecular complexity index is 473. The highest BCUT2D eigenvalue weighted by Crippen LogP contribution is 2.18. The van der Waals surface area contributed by atoms with Gasteiger partial charge in [0.15, 0.2) is 0 Å². The van der Waals surface area contributed by atoms with Gasteiger partial charge >= 0.3 is 0 Å². The molecule has 0 amide bonds. The van der Waals surface area contributed by atoms with E-state index in [0.29, 0.717) is 6.04 Å². The van der Waals surface area contributed by atoms with Crippen LogP contribution in [0, 0.1) is 0 Å². The molecule has 2 aromatic rings. The molecule has 0 aliphatic heterocycles. The van der Waals surface area contributed by atoms with Crippen molar-refractivity contribution in [2.45, 2.75) is 19.5 Å². The minimum atomic E-state index is 0.299. The molecule has 0 radical (unpaired) electrons. The van der Waals surface area contributed by atoms with Gasteiger partial charge in [-0.2, -0.15) is 0 Å². The van der Waals surface area contributed by atoms with Crippen molar-refractivity contribution in [3.63, 3.8) is 0 Å². The van der Waals surface area contributed by atoms with Crippen LogP contribution in [-0.4, -0.2) is 9.97 Å². The lowest BCUT2D eigenvalue weighted by Gasteiger charge is -2.14. The van der Waals surface area contributed by atoms with Crippen molar-refractivity contribution in [3.05, 3.63) is 58.6 Å². The highest BCUT2D eigenvalue weighted by atomic mass is 79.9. The summed E-state index contributed by atoms with van der Waals surface area (Å²) in [5, 5.41) is 3.44. The molecular formula is C13H14BrN3. The van der Waals surface area contributed by atoms with E-state index in [0.717, 1.165) is 16.6 Å². The van der Waals surface area contributed by atoms with Gasteiger partial charge in [-0.15, -0.1) is 0 Å². The number of halogens is 1. The van der Waals surface area contributed by atoms with Gasteiger partial charge in [0.05, 0.1) is 0 Å². The number of nitrogens with zero attached hydrogens (tertiary/aromatic N) is 2. The van der Waals surface area contributed by atoms with Crippen LogP contribution in [0.2, 0.25) is 0 Å². The zero-order valence-electron chi connectivity index (χ0n) is 9.60. The van der Waals surface area contributed by atoms with Crippen molar-refractivity contribution in [1.82, 2.24) is 15.3 Å². The van der Waals surface area contributed by atoms with E-state index in [9.17, 15) is 0 Å². The van der Waals surface area contributed by atoms with Crippen molar-refractivity contribution in [2.24, 2.45) is 0 Å². The molecule has 1 heterocycles. The van der Waals surface area contributed by atoms with Gasteiger partial charge in [0.2, 0.25) is 0 Å². The highest BCUT2D eigenvalue weighted by Gasteiger charge is 2.04. The molecule has 0 bridgehead atoms. The Balaban J connectivity index is 1.96. The van der Waals surface area contributed by atoms with E-state index < -0.39 is 0 Å². The van der Waals surface area contributed by atoms with Crippen molar-refractivity contribution in [1.29, 1.82) is 0 Å². The largest absolute Gasteiger partial charge is 0.306 e. The topological polar surface area (TPSA) is 37.8 Å². The molecule has 1 unspecified atom stereocenters. The third-order valence-electron chi connectivity index (χ3n) is 2.58. The lowest BCUT2D eigenvalue weighted by molar-refractivity contribution is 0.572. The Morgan fingerprint density at radius 3 is 2.76 bits per heavy atom. The summed E-state index contributed by atoms with van der Waals surface area (Å²) in [7, 11) is 0. The van der Waals surface area contributed by atoms with E-state index in [1.54, 1.807) is 6.33 Å². The molecule has 1 aromatic heterocycles. The fourth-order valence-corrected chi connectivity index (χ4v) is 2.00. The molecule has 4 heteroatoms. The van der Waals surface area contributed by atoms with E-state index >= 15 is 0 Å². The van der Waals surface area contributed by atoms with Gasteiger partial charge in [-0.05, 0) is 24.6 Å². The molecule has 88 valence electrons. The summed E-state index contributed by atoms with van der Waals surface area (Å²) in [5.41, 5.74) is 2.35. The van der Waals surface area contributed by atoms with Crippen LogP contribution in [0.5, 0.6) is 0 Å². The van der Waals surface area contributed by atoms with Crippen LogP contribution in [0.25, 0.3) is 0 Å². The number of hydrogen-bond donors (Lipinski definition) is 1. The molecular weight excluding hydrogens is 278 g/mol. The molecule has 0 aliphatic rings. The van der Waals surface area contributed by atoms with Gasteiger partial charge in [-0.25, -0.2) is 9.97 Å². The Morgan fingerprint density at radius 1 is 1.29 bits per heavy atom. The summed E-state index contributed by atoms with van der Waals surface area (Å²) in [4.78, 5) is 7.98. The minimum Gasteiger partial charge on any atom is -0.306 e. The third kappa shape index (κ3) is 3.61. The lowest BCUT2D eigenvalue weighted by atomic mass is 10.1. The standard InChI is InChI=1S/C13H14BrN3/c1-10(12-3-2-4-13(14)5-12)17-8-11-6-15-9-16-7-11/h2-7,9-10,17H,8H2,1H3. The average molecular weight is 292 g/mol. The predicted molar refractivity (Wildman–Crippen MR) is 71.4 cm³/mol. The summed E-state index contributed by atoms with van der Waals surface area (Å²) in [6.45, 7) is 2.92. The fraction of sp³-hybridized carbons (Fsp3) is 0.231. The van der Waals surface area contributed by atoms with Gasteiger partial charge < -0.3 is 5.32 Å². The summed E-state index contributed by atoms with van der Waals surface area (Å²) in [5.74, 6) is 0. The first-order valence-electron chi connectivity index (χ1n) is 5.48. The summed E-state index contributed by atoms with van der Waals surface area (Å²) >= 11 is 3.48. The maximum Gasteiger partial charge on any atom is 0.115 e. The molecule has 0 saturated heterocycles. The van der Waals surface area contributed by atoms with E-state index in [2.05, 4.69) is 50.3 Å².